The van der Waals surface area contributed by atoms with Gasteiger partial charge in [0.15, 0.2) is 0 Å². The van der Waals surface area contributed by atoms with Crippen molar-refractivity contribution >= 4 is 29.2 Å². The molecule has 0 radical (unpaired) electrons. The number of hydrogen-bond acceptors (Lipinski definition) is 3. The highest BCUT2D eigenvalue weighted by Crippen LogP contribution is 2.31. The second-order valence-electron chi connectivity index (χ2n) is 8.71. The highest BCUT2D eigenvalue weighted by Gasteiger charge is 2.41. The van der Waals surface area contributed by atoms with Crippen molar-refractivity contribution in [3.8, 4) is 0 Å². The van der Waals surface area contributed by atoms with E-state index in [2.05, 4.69) is 5.32 Å². The number of anilines is 2. The highest BCUT2D eigenvalue weighted by molar-refractivity contribution is 6.22. The third-order valence-corrected chi connectivity index (χ3v) is 5.31. The molecule has 0 bridgehead atoms. The molecular weight excluding hydrogens is 402 g/mol. The summed E-state index contributed by atoms with van der Waals surface area (Å²) < 4.78 is 0. The van der Waals surface area contributed by atoms with Crippen LogP contribution in [0.2, 0.25) is 0 Å². The average Bonchev–Trinajstić information content (AvgIpc) is 3.03. The normalized spacial score (nSPS) is 13.2. The molecule has 0 aliphatic carbocycles. The molecule has 6 heteroatoms. The number of nitrogens with one attached hydrogen (secondary N) is 1. The molecule has 0 unspecified atom stereocenters. The molecule has 1 aliphatic rings. The Bertz CT molecular complexity index is 1170. The van der Waals surface area contributed by atoms with Crippen LogP contribution in [0.5, 0.6) is 0 Å². The molecule has 1 aliphatic heterocycles. The number of imide groups is 1. The van der Waals surface area contributed by atoms with E-state index in [1.807, 2.05) is 81.4 Å². The van der Waals surface area contributed by atoms with Crippen LogP contribution in [0.25, 0.3) is 0 Å². The lowest BCUT2D eigenvalue weighted by molar-refractivity contribution is 0.0507. The second kappa shape index (κ2) is 8.30. The maximum atomic E-state index is 13.2. The van der Waals surface area contributed by atoms with Gasteiger partial charge in [0.25, 0.3) is 11.8 Å². The highest BCUT2D eigenvalue weighted by atomic mass is 16.2. The van der Waals surface area contributed by atoms with Gasteiger partial charge in [-0.2, -0.15) is 0 Å². The standard InChI is InChI=1S/C26H25N3O3/c1-26(2,3)29-23(30)21-15-14-19(16-22(21)24(29)31)27-25(32)28(20-12-8-5-9-13-20)17-18-10-6-4-7-11-18/h4-16H,17H2,1-3H3,(H,27,32). The minimum absolute atomic E-state index is 0.303. The van der Waals surface area contributed by atoms with E-state index < -0.39 is 5.54 Å². The van der Waals surface area contributed by atoms with Crippen molar-refractivity contribution < 1.29 is 14.4 Å². The Morgan fingerprint density at radius 3 is 2.06 bits per heavy atom. The number of carbonyl (C=O) groups is 3. The van der Waals surface area contributed by atoms with Gasteiger partial charge in [-0.25, -0.2) is 4.79 Å². The van der Waals surface area contributed by atoms with Crippen LogP contribution in [0.15, 0.2) is 78.9 Å². The number of carbonyl (C=O) groups excluding carboxylic acids is 3. The van der Waals surface area contributed by atoms with Crippen molar-refractivity contribution in [1.29, 1.82) is 0 Å². The van der Waals surface area contributed by atoms with E-state index in [-0.39, 0.29) is 17.8 Å². The number of para-hydroxylation sites is 1. The number of benzene rings is 3. The van der Waals surface area contributed by atoms with Crippen LogP contribution in [0, 0.1) is 0 Å². The Balaban J connectivity index is 1.61. The number of nitrogens with zero attached hydrogens (tertiary/aromatic N) is 2. The van der Waals surface area contributed by atoms with Crippen molar-refractivity contribution in [3.05, 3.63) is 95.6 Å². The molecule has 4 amide bonds. The topological polar surface area (TPSA) is 69.7 Å². The quantitative estimate of drug-likeness (QED) is 0.573. The maximum Gasteiger partial charge on any atom is 0.326 e. The Kier molecular flexibility index (Phi) is 5.53. The zero-order valence-corrected chi connectivity index (χ0v) is 18.3. The van der Waals surface area contributed by atoms with Gasteiger partial charge in [0.05, 0.1) is 17.7 Å². The summed E-state index contributed by atoms with van der Waals surface area (Å²) in [4.78, 5) is 41.7. The summed E-state index contributed by atoms with van der Waals surface area (Å²) in [7, 11) is 0. The van der Waals surface area contributed by atoms with Crippen molar-refractivity contribution in [2.45, 2.75) is 32.9 Å². The van der Waals surface area contributed by atoms with Gasteiger partial charge in [-0.1, -0.05) is 48.5 Å². The van der Waals surface area contributed by atoms with Gasteiger partial charge >= 0.3 is 6.03 Å². The van der Waals surface area contributed by atoms with Crippen LogP contribution in [0.1, 0.15) is 47.1 Å². The monoisotopic (exact) mass is 427 g/mol. The van der Waals surface area contributed by atoms with E-state index in [0.717, 1.165) is 11.3 Å². The molecule has 32 heavy (non-hydrogen) atoms. The molecule has 0 atom stereocenters. The summed E-state index contributed by atoms with van der Waals surface area (Å²) in [5, 5.41) is 2.88. The SMILES string of the molecule is CC(C)(C)N1C(=O)c2ccc(NC(=O)N(Cc3ccccc3)c3ccccc3)cc2C1=O. The first-order chi connectivity index (χ1) is 15.3. The predicted molar refractivity (Wildman–Crippen MR) is 125 cm³/mol. The fourth-order valence-corrected chi connectivity index (χ4v) is 3.77. The molecular formula is C26H25N3O3. The average molecular weight is 428 g/mol. The lowest BCUT2D eigenvalue weighted by Crippen LogP contribution is -2.45. The number of fused-ring (bicyclic) bond motifs is 1. The van der Waals surface area contributed by atoms with Gasteiger partial charge in [0.2, 0.25) is 0 Å². The van der Waals surface area contributed by atoms with E-state index in [1.165, 1.54) is 4.90 Å². The van der Waals surface area contributed by atoms with E-state index in [0.29, 0.717) is 23.4 Å². The first-order valence-electron chi connectivity index (χ1n) is 10.5. The summed E-state index contributed by atoms with van der Waals surface area (Å²) in [5.41, 5.74) is 2.22. The molecule has 1 heterocycles. The van der Waals surface area contributed by atoms with Crippen molar-refractivity contribution in [2.24, 2.45) is 0 Å². The first-order valence-corrected chi connectivity index (χ1v) is 10.5. The smallest absolute Gasteiger partial charge is 0.308 e. The first kappa shape index (κ1) is 21.3. The summed E-state index contributed by atoms with van der Waals surface area (Å²) in [6.45, 7) is 5.84. The molecule has 1 N–H and O–H groups in total. The van der Waals surface area contributed by atoms with Crippen molar-refractivity contribution in [2.75, 3.05) is 10.2 Å². The van der Waals surface area contributed by atoms with Crippen molar-refractivity contribution in [1.82, 2.24) is 4.90 Å². The summed E-state index contributed by atoms with van der Waals surface area (Å²) >= 11 is 0. The van der Waals surface area contributed by atoms with Crippen LogP contribution in [0.3, 0.4) is 0 Å². The Morgan fingerprint density at radius 1 is 0.844 bits per heavy atom. The van der Waals surface area contributed by atoms with Crippen molar-refractivity contribution in [3.63, 3.8) is 0 Å². The fourth-order valence-electron chi connectivity index (χ4n) is 3.77. The van der Waals surface area contributed by atoms with E-state index in [4.69, 9.17) is 0 Å². The summed E-state index contributed by atoms with van der Waals surface area (Å²) in [5.74, 6) is -0.664. The number of urea groups is 1. The summed E-state index contributed by atoms with van der Waals surface area (Å²) in [6, 6.07) is 23.6. The minimum Gasteiger partial charge on any atom is -0.308 e. The third kappa shape index (κ3) is 4.12. The van der Waals surface area contributed by atoms with E-state index in [1.54, 1.807) is 23.1 Å². The van der Waals surface area contributed by atoms with Gasteiger partial charge in [0, 0.05) is 16.9 Å². The Morgan fingerprint density at radius 2 is 1.44 bits per heavy atom. The van der Waals surface area contributed by atoms with Gasteiger partial charge in [-0.05, 0) is 56.7 Å². The van der Waals surface area contributed by atoms with Crippen LogP contribution in [0.4, 0.5) is 16.2 Å². The maximum absolute atomic E-state index is 13.2. The lowest BCUT2D eigenvalue weighted by Gasteiger charge is -2.29. The van der Waals surface area contributed by atoms with E-state index >= 15 is 0 Å². The fraction of sp³-hybridized carbons (Fsp3) is 0.192. The van der Waals surface area contributed by atoms with Gasteiger partial charge < -0.3 is 5.32 Å². The molecule has 4 rings (SSSR count). The number of hydrogen-bond donors (Lipinski definition) is 1. The third-order valence-electron chi connectivity index (χ3n) is 5.31. The zero-order chi connectivity index (χ0) is 22.9. The predicted octanol–water partition coefficient (Wildman–Crippen LogP) is 5.32. The molecule has 3 aromatic rings. The molecule has 0 aromatic heterocycles. The molecule has 0 saturated heterocycles. The molecule has 0 fully saturated rings. The summed E-state index contributed by atoms with van der Waals surface area (Å²) in [6.07, 6.45) is 0. The molecule has 0 saturated carbocycles. The second-order valence-corrected chi connectivity index (χ2v) is 8.71. The minimum atomic E-state index is -0.629. The largest absolute Gasteiger partial charge is 0.326 e. The number of amides is 4. The van der Waals surface area contributed by atoms with E-state index in [9.17, 15) is 14.4 Å². The van der Waals surface area contributed by atoms with Crippen LogP contribution < -0.4 is 10.2 Å². The van der Waals surface area contributed by atoms with Gasteiger partial charge in [-0.3, -0.25) is 19.4 Å². The Hall–Kier alpha value is -3.93. The molecule has 0 spiro atoms. The molecule has 3 aromatic carbocycles. The molecule has 162 valence electrons. The lowest BCUT2D eigenvalue weighted by atomic mass is 10.1. The zero-order valence-electron chi connectivity index (χ0n) is 18.3. The van der Waals surface area contributed by atoms with Gasteiger partial charge in [-0.15, -0.1) is 0 Å². The van der Waals surface area contributed by atoms with Crippen LogP contribution in [-0.4, -0.2) is 28.3 Å². The molecule has 6 nitrogen and oxygen atoms in total. The number of rotatable bonds is 4. The Labute approximate surface area is 187 Å². The van der Waals surface area contributed by atoms with Gasteiger partial charge in [0.1, 0.15) is 0 Å². The van der Waals surface area contributed by atoms with Crippen LogP contribution >= 0.6 is 0 Å². The van der Waals surface area contributed by atoms with Crippen LogP contribution in [-0.2, 0) is 6.54 Å².